The third-order valence-corrected chi connectivity index (χ3v) is 5.13. The fourth-order valence-electron chi connectivity index (χ4n) is 3.59. The highest BCUT2D eigenvalue weighted by Gasteiger charge is 2.28. The Labute approximate surface area is 161 Å². The topological polar surface area (TPSA) is 77.8 Å². The van der Waals surface area contributed by atoms with Crippen LogP contribution in [0.5, 0.6) is 0 Å². The van der Waals surface area contributed by atoms with E-state index in [9.17, 15) is 19.8 Å². The molecule has 0 unspecified atom stereocenters. The van der Waals surface area contributed by atoms with Gasteiger partial charge in [-0.15, -0.1) is 0 Å². The first-order valence-electron chi connectivity index (χ1n) is 10.00. The molecule has 1 saturated heterocycles. The fraction of sp³-hybridized carbons (Fsp3) is 0.545. The number of likely N-dealkylation sites (tertiary alicyclic amines) is 1. The van der Waals surface area contributed by atoms with Crippen LogP contribution in [-0.2, 0) is 11.2 Å². The highest BCUT2D eigenvalue weighted by molar-refractivity contribution is 5.89. The molecule has 2 rings (SSSR count). The van der Waals surface area contributed by atoms with Gasteiger partial charge in [-0.25, -0.2) is 4.79 Å². The summed E-state index contributed by atoms with van der Waals surface area (Å²) in [6.07, 6.45) is 10.0. The number of carboxylic acid groups (broad SMARTS) is 1. The lowest BCUT2D eigenvalue weighted by Crippen LogP contribution is -2.33. The average Bonchev–Trinajstić information content (AvgIpc) is 3.00. The minimum atomic E-state index is -0.916. The van der Waals surface area contributed by atoms with Crippen LogP contribution in [0.4, 0.5) is 0 Å². The van der Waals surface area contributed by atoms with Gasteiger partial charge in [0.2, 0.25) is 5.91 Å². The molecule has 2 atom stereocenters. The number of carboxylic acids is 1. The van der Waals surface area contributed by atoms with Gasteiger partial charge in [0.15, 0.2) is 0 Å². The highest BCUT2D eigenvalue weighted by atomic mass is 16.4. The van der Waals surface area contributed by atoms with Crippen molar-refractivity contribution in [2.24, 2.45) is 0 Å². The lowest BCUT2D eigenvalue weighted by molar-refractivity contribution is -0.128. The molecule has 1 aliphatic rings. The minimum absolute atomic E-state index is 0.0352. The minimum Gasteiger partial charge on any atom is -0.478 e. The number of aliphatic hydroxyl groups excluding tert-OH is 1. The molecule has 0 aliphatic carbocycles. The van der Waals surface area contributed by atoms with Crippen LogP contribution in [0.2, 0.25) is 0 Å². The largest absolute Gasteiger partial charge is 0.478 e. The van der Waals surface area contributed by atoms with Crippen LogP contribution < -0.4 is 0 Å². The van der Waals surface area contributed by atoms with Crippen molar-refractivity contribution in [2.45, 2.75) is 70.4 Å². The summed E-state index contributed by atoms with van der Waals surface area (Å²) in [4.78, 5) is 25.3. The Hall–Kier alpha value is -2.14. The van der Waals surface area contributed by atoms with E-state index in [0.717, 1.165) is 44.1 Å². The molecular formula is C22H31NO4. The second-order valence-electron chi connectivity index (χ2n) is 7.21. The van der Waals surface area contributed by atoms with Crippen molar-refractivity contribution in [2.75, 3.05) is 6.54 Å². The Morgan fingerprint density at radius 1 is 1.30 bits per heavy atom. The van der Waals surface area contributed by atoms with Gasteiger partial charge in [-0.2, -0.15) is 0 Å². The zero-order chi connectivity index (χ0) is 19.6. The van der Waals surface area contributed by atoms with Gasteiger partial charge in [0.25, 0.3) is 0 Å². The van der Waals surface area contributed by atoms with Crippen molar-refractivity contribution in [1.29, 1.82) is 0 Å². The number of hydrogen-bond acceptors (Lipinski definition) is 3. The van der Waals surface area contributed by atoms with Crippen molar-refractivity contribution in [3.8, 4) is 0 Å². The fourth-order valence-corrected chi connectivity index (χ4v) is 3.59. The number of aromatic carboxylic acids is 1. The summed E-state index contributed by atoms with van der Waals surface area (Å²) in [6.45, 7) is 2.74. The number of rotatable bonds is 11. The van der Waals surface area contributed by atoms with E-state index in [4.69, 9.17) is 0 Å². The van der Waals surface area contributed by atoms with Crippen LogP contribution in [0.1, 0.15) is 67.8 Å². The van der Waals surface area contributed by atoms with E-state index in [1.165, 1.54) is 0 Å². The summed E-state index contributed by atoms with van der Waals surface area (Å²) in [5.41, 5.74) is 1.13. The summed E-state index contributed by atoms with van der Waals surface area (Å²) in [6, 6.07) is 7.05. The number of aliphatic hydroxyl groups is 1. The Morgan fingerprint density at radius 3 is 2.81 bits per heavy atom. The Bertz CT molecular complexity index is 655. The second-order valence-corrected chi connectivity index (χ2v) is 7.21. The zero-order valence-corrected chi connectivity index (χ0v) is 16.1. The normalized spacial score (nSPS) is 18.4. The number of unbranched alkanes of at least 4 members (excludes halogenated alkanes) is 2. The molecule has 1 aromatic carbocycles. The highest BCUT2D eigenvalue weighted by Crippen LogP contribution is 2.21. The molecule has 5 heteroatoms. The first-order valence-corrected chi connectivity index (χ1v) is 10.00. The van der Waals surface area contributed by atoms with Gasteiger partial charge in [0, 0.05) is 13.0 Å². The molecule has 2 N–H and O–H groups in total. The molecule has 0 radical (unpaired) electrons. The van der Waals surface area contributed by atoms with E-state index in [-0.39, 0.29) is 11.9 Å². The molecule has 1 fully saturated rings. The van der Waals surface area contributed by atoms with Crippen molar-refractivity contribution in [3.05, 3.63) is 47.5 Å². The third kappa shape index (κ3) is 6.51. The van der Waals surface area contributed by atoms with Crippen LogP contribution in [0.3, 0.4) is 0 Å². The number of aryl methyl sites for hydroxylation is 1. The standard InChI is InChI=1S/C22H31NO4/c1-2-3-4-10-19(24)14-12-18-13-15-21(25)23(18)16-7-9-17-8-5-6-11-20(17)22(26)27/h5-6,8,11-12,14,18-19,24H,2-4,7,9-10,13,15-16H2,1H3,(H,26,27)/b14-12+/t18-,19-/m0/s1. The maximum absolute atomic E-state index is 12.2. The smallest absolute Gasteiger partial charge is 0.335 e. The van der Waals surface area contributed by atoms with Crippen LogP contribution in [0.25, 0.3) is 0 Å². The van der Waals surface area contributed by atoms with Crippen LogP contribution >= 0.6 is 0 Å². The van der Waals surface area contributed by atoms with Crippen molar-refractivity contribution < 1.29 is 19.8 Å². The van der Waals surface area contributed by atoms with Crippen LogP contribution in [0, 0.1) is 0 Å². The van der Waals surface area contributed by atoms with E-state index < -0.39 is 12.1 Å². The van der Waals surface area contributed by atoms with Crippen molar-refractivity contribution in [1.82, 2.24) is 4.90 Å². The predicted octanol–water partition coefficient (Wildman–Crippen LogP) is 3.81. The van der Waals surface area contributed by atoms with E-state index in [2.05, 4.69) is 6.92 Å². The molecule has 0 bridgehead atoms. The quantitative estimate of drug-likeness (QED) is 0.457. The van der Waals surface area contributed by atoms with E-state index in [1.807, 2.05) is 29.2 Å². The number of carbonyl (C=O) groups excluding carboxylic acids is 1. The van der Waals surface area contributed by atoms with Crippen LogP contribution in [-0.4, -0.2) is 45.7 Å². The molecule has 1 heterocycles. The molecular weight excluding hydrogens is 342 g/mol. The lowest BCUT2D eigenvalue weighted by Gasteiger charge is -2.23. The number of hydrogen-bond donors (Lipinski definition) is 2. The maximum atomic E-state index is 12.2. The molecule has 0 spiro atoms. The van der Waals surface area contributed by atoms with Gasteiger partial charge in [0.1, 0.15) is 0 Å². The van der Waals surface area contributed by atoms with E-state index >= 15 is 0 Å². The molecule has 1 aliphatic heterocycles. The monoisotopic (exact) mass is 373 g/mol. The summed E-state index contributed by atoms with van der Waals surface area (Å²) in [7, 11) is 0. The number of benzene rings is 1. The molecule has 5 nitrogen and oxygen atoms in total. The number of carbonyl (C=O) groups is 2. The van der Waals surface area contributed by atoms with Gasteiger partial charge in [-0.05, 0) is 37.3 Å². The Kier molecular flexibility index (Phi) is 8.52. The predicted molar refractivity (Wildman–Crippen MR) is 106 cm³/mol. The Balaban J connectivity index is 1.87. The van der Waals surface area contributed by atoms with Gasteiger partial charge in [0.05, 0.1) is 17.7 Å². The van der Waals surface area contributed by atoms with E-state index in [0.29, 0.717) is 24.9 Å². The van der Waals surface area contributed by atoms with Crippen LogP contribution in [0.15, 0.2) is 36.4 Å². The molecule has 148 valence electrons. The van der Waals surface area contributed by atoms with Gasteiger partial charge >= 0.3 is 5.97 Å². The van der Waals surface area contributed by atoms with Crippen molar-refractivity contribution >= 4 is 11.9 Å². The maximum Gasteiger partial charge on any atom is 0.335 e. The SMILES string of the molecule is CCCCC[C@H](O)/C=C/[C@H]1CCC(=O)N1CCCc1ccccc1C(=O)O. The van der Waals surface area contributed by atoms with E-state index in [1.54, 1.807) is 12.1 Å². The number of nitrogens with zero attached hydrogens (tertiary/aromatic N) is 1. The summed E-state index contributed by atoms with van der Waals surface area (Å²) >= 11 is 0. The summed E-state index contributed by atoms with van der Waals surface area (Å²) < 4.78 is 0. The van der Waals surface area contributed by atoms with Gasteiger partial charge in [-0.3, -0.25) is 4.79 Å². The first-order chi connectivity index (χ1) is 13.0. The summed E-state index contributed by atoms with van der Waals surface area (Å²) in [5.74, 6) is -0.780. The zero-order valence-electron chi connectivity index (χ0n) is 16.1. The molecule has 1 amide bonds. The van der Waals surface area contributed by atoms with Gasteiger partial charge in [-0.1, -0.05) is 56.5 Å². The second kappa shape index (κ2) is 10.9. The first kappa shape index (κ1) is 21.2. The Morgan fingerprint density at radius 2 is 2.07 bits per heavy atom. The number of amides is 1. The molecule has 0 saturated carbocycles. The van der Waals surface area contributed by atoms with Gasteiger partial charge < -0.3 is 15.1 Å². The third-order valence-electron chi connectivity index (χ3n) is 5.13. The molecule has 27 heavy (non-hydrogen) atoms. The molecule has 1 aromatic rings. The van der Waals surface area contributed by atoms with Crippen molar-refractivity contribution in [3.63, 3.8) is 0 Å². The summed E-state index contributed by atoms with van der Waals surface area (Å²) in [5, 5.41) is 19.3. The molecule has 0 aromatic heterocycles. The lowest BCUT2D eigenvalue weighted by atomic mass is 10.0. The average molecular weight is 373 g/mol.